The highest BCUT2D eigenvalue weighted by molar-refractivity contribution is 5.97. The van der Waals surface area contributed by atoms with Crippen LogP contribution in [0.2, 0.25) is 0 Å². The Morgan fingerprint density at radius 3 is 1.81 bits per heavy atom. The van der Waals surface area contributed by atoms with Gasteiger partial charge in [0, 0.05) is 33.0 Å². The van der Waals surface area contributed by atoms with Gasteiger partial charge < -0.3 is 18.9 Å². The number of hydrogen-bond donors (Lipinski definition) is 0. The first-order chi connectivity index (χ1) is 17.2. The molecule has 2 bridgehead atoms. The summed E-state index contributed by atoms with van der Waals surface area (Å²) in [4.78, 5) is 23.6. The van der Waals surface area contributed by atoms with Crippen molar-refractivity contribution in [3.63, 3.8) is 0 Å². The Hall–Kier alpha value is -3.28. The zero-order chi connectivity index (χ0) is 26.0. The quantitative estimate of drug-likeness (QED) is 0.217. The minimum absolute atomic E-state index is 0.158. The molecule has 1 fully saturated rings. The standard InChI is InChI=1S/C30H36O6/c1-7-20-8-9-23-24(16-20)28(34-13-15-36-30(32)18(4)5)26-22-11-10-21(19(22)6)25(26)27(23)33-12-14-35-29(31)17(2)3/h8-9,16,19,21-22H,2,4,7,10-15H2,1,3,5-6H3. The molecule has 2 aliphatic rings. The van der Waals surface area contributed by atoms with E-state index in [9.17, 15) is 9.59 Å². The van der Waals surface area contributed by atoms with Gasteiger partial charge in [0.15, 0.2) is 0 Å². The SMILES string of the molecule is C=C(C)C(=O)OCCOc1c2c(c(OCCOC(=O)C(=C)C)c3cc(CC)ccc13)C1CCC2C1C. The first-order valence-electron chi connectivity index (χ1n) is 12.8. The highest BCUT2D eigenvalue weighted by Gasteiger charge is 2.47. The molecule has 6 nitrogen and oxygen atoms in total. The largest absolute Gasteiger partial charge is 0.489 e. The fraction of sp³-hybridized carbons (Fsp3) is 0.467. The van der Waals surface area contributed by atoms with Gasteiger partial charge in [-0.2, -0.15) is 0 Å². The van der Waals surface area contributed by atoms with Gasteiger partial charge in [-0.15, -0.1) is 0 Å². The summed E-state index contributed by atoms with van der Waals surface area (Å²) in [7, 11) is 0. The van der Waals surface area contributed by atoms with E-state index >= 15 is 0 Å². The molecule has 0 aromatic heterocycles. The normalized spacial score (nSPS) is 19.6. The van der Waals surface area contributed by atoms with Crippen LogP contribution in [0.1, 0.15) is 69.1 Å². The molecule has 3 unspecified atom stereocenters. The van der Waals surface area contributed by atoms with Crippen LogP contribution < -0.4 is 9.47 Å². The van der Waals surface area contributed by atoms with Crippen molar-refractivity contribution in [1.82, 2.24) is 0 Å². The molecule has 192 valence electrons. The maximum atomic E-state index is 11.8. The lowest BCUT2D eigenvalue weighted by Crippen LogP contribution is -2.16. The third kappa shape index (κ3) is 4.86. The van der Waals surface area contributed by atoms with Crippen LogP contribution in [-0.2, 0) is 25.5 Å². The van der Waals surface area contributed by atoms with Crippen molar-refractivity contribution in [2.75, 3.05) is 26.4 Å². The summed E-state index contributed by atoms with van der Waals surface area (Å²) in [6, 6.07) is 6.40. The second-order valence-electron chi connectivity index (χ2n) is 9.90. The lowest BCUT2D eigenvalue weighted by atomic mass is 9.86. The third-order valence-electron chi connectivity index (χ3n) is 7.38. The van der Waals surface area contributed by atoms with Gasteiger partial charge in [0.05, 0.1) is 0 Å². The number of fused-ring (bicyclic) bond motifs is 6. The van der Waals surface area contributed by atoms with E-state index in [0.29, 0.717) is 28.9 Å². The Labute approximate surface area is 213 Å². The van der Waals surface area contributed by atoms with Crippen LogP contribution >= 0.6 is 0 Å². The lowest BCUT2D eigenvalue weighted by molar-refractivity contribution is -0.140. The van der Waals surface area contributed by atoms with Gasteiger partial charge in [-0.05, 0) is 62.5 Å². The molecule has 0 aliphatic heterocycles. The van der Waals surface area contributed by atoms with E-state index in [4.69, 9.17) is 18.9 Å². The lowest BCUT2D eigenvalue weighted by Gasteiger charge is -2.25. The van der Waals surface area contributed by atoms with Gasteiger partial charge >= 0.3 is 11.9 Å². The molecule has 0 amide bonds. The monoisotopic (exact) mass is 492 g/mol. The van der Waals surface area contributed by atoms with E-state index in [1.165, 1.54) is 16.7 Å². The predicted octanol–water partition coefficient (Wildman–Crippen LogP) is 6.01. The van der Waals surface area contributed by atoms with Crippen molar-refractivity contribution in [2.24, 2.45) is 5.92 Å². The molecule has 0 spiro atoms. The van der Waals surface area contributed by atoms with Crippen molar-refractivity contribution < 1.29 is 28.5 Å². The predicted molar refractivity (Wildman–Crippen MR) is 140 cm³/mol. The Balaban J connectivity index is 1.70. The number of carbonyl (C=O) groups excluding carboxylic acids is 2. The van der Waals surface area contributed by atoms with Gasteiger partial charge in [-0.3, -0.25) is 0 Å². The summed E-state index contributed by atoms with van der Waals surface area (Å²) in [5, 5.41) is 2.00. The van der Waals surface area contributed by atoms with Gasteiger partial charge in [0.2, 0.25) is 0 Å². The van der Waals surface area contributed by atoms with E-state index in [0.717, 1.165) is 41.5 Å². The number of hydrogen-bond acceptors (Lipinski definition) is 6. The van der Waals surface area contributed by atoms with Crippen LogP contribution in [0.5, 0.6) is 11.5 Å². The fourth-order valence-corrected chi connectivity index (χ4v) is 5.56. The van der Waals surface area contributed by atoms with E-state index in [1.807, 2.05) is 0 Å². The molecule has 0 radical (unpaired) electrons. The number of rotatable bonds is 11. The number of carbonyl (C=O) groups is 2. The van der Waals surface area contributed by atoms with Crippen LogP contribution in [-0.4, -0.2) is 38.4 Å². The average molecular weight is 493 g/mol. The first kappa shape index (κ1) is 25.8. The zero-order valence-corrected chi connectivity index (χ0v) is 21.8. The van der Waals surface area contributed by atoms with Gasteiger partial charge in [-0.1, -0.05) is 39.1 Å². The van der Waals surface area contributed by atoms with Crippen molar-refractivity contribution in [1.29, 1.82) is 0 Å². The molecule has 0 heterocycles. The molecule has 4 rings (SSSR count). The second-order valence-corrected chi connectivity index (χ2v) is 9.90. The summed E-state index contributed by atoms with van der Waals surface area (Å²) in [6.45, 7) is 15.8. The summed E-state index contributed by atoms with van der Waals surface area (Å²) in [6.07, 6.45) is 3.14. The first-order valence-corrected chi connectivity index (χ1v) is 12.8. The highest BCUT2D eigenvalue weighted by Crippen LogP contribution is 2.63. The summed E-state index contributed by atoms with van der Waals surface area (Å²) < 4.78 is 23.3. The van der Waals surface area contributed by atoms with Gasteiger partial charge in [0.25, 0.3) is 0 Å². The molecule has 1 saturated carbocycles. The van der Waals surface area contributed by atoms with Crippen LogP contribution in [0.3, 0.4) is 0 Å². The van der Waals surface area contributed by atoms with Crippen LogP contribution in [0.15, 0.2) is 42.5 Å². The third-order valence-corrected chi connectivity index (χ3v) is 7.38. The molecular formula is C30H36O6. The molecule has 0 saturated heterocycles. The second kappa shape index (κ2) is 10.8. The molecule has 2 aromatic rings. The minimum Gasteiger partial charge on any atom is -0.489 e. The van der Waals surface area contributed by atoms with Crippen molar-refractivity contribution in [3.05, 3.63) is 59.2 Å². The number of ether oxygens (including phenoxy) is 4. The van der Waals surface area contributed by atoms with Crippen LogP contribution in [0.25, 0.3) is 10.8 Å². The molecular weight excluding hydrogens is 456 g/mol. The van der Waals surface area contributed by atoms with Crippen molar-refractivity contribution in [3.8, 4) is 11.5 Å². The Morgan fingerprint density at radius 2 is 1.33 bits per heavy atom. The zero-order valence-electron chi connectivity index (χ0n) is 21.8. The smallest absolute Gasteiger partial charge is 0.333 e. The molecule has 6 heteroatoms. The van der Waals surface area contributed by atoms with Crippen molar-refractivity contribution >= 4 is 22.7 Å². The van der Waals surface area contributed by atoms with E-state index in [2.05, 4.69) is 45.2 Å². The summed E-state index contributed by atoms with van der Waals surface area (Å²) in [5.74, 6) is 2.22. The highest BCUT2D eigenvalue weighted by atomic mass is 16.6. The van der Waals surface area contributed by atoms with Gasteiger partial charge in [-0.25, -0.2) is 9.59 Å². The fourth-order valence-electron chi connectivity index (χ4n) is 5.56. The summed E-state index contributed by atoms with van der Waals surface area (Å²) >= 11 is 0. The van der Waals surface area contributed by atoms with E-state index in [1.54, 1.807) is 13.8 Å². The average Bonchev–Trinajstić information content (AvgIpc) is 3.36. The number of esters is 2. The maximum Gasteiger partial charge on any atom is 0.333 e. The van der Waals surface area contributed by atoms with Crippen LogP contribution in [0.4, 0.5) is 0 Å². The molecule has 0 N–H and O–H groups in total. The topological polar surface area (TPSA) is 71.1 Å². The molecule has 3 atom stereocenters. The van der Waals surface area contributed by atoms with Gasteiger partial charge in [0.1, 0.15) is 37.9 Å². The number of aryl methyl sites for hydroxylation is 1. The number of benzene rings is 2. The summed E-state index contributed by atoms with van der Waals surface area (Å²) in [5.41, 5.74) is 4.39. The molecule has 36 heavy (non-hydrogen) atoms. The van der Waals surface area contributed by atoms with Crippen molar-refractivity contribution in [2.45, 2.75) is 58.8 Å². The van der Waals surface area contributed by atoms with E-state index in [-0.39, 0.29) is 26.4 Å². The molecule has 2 aliphatic carbocycles. The van der Waals surface area contributed by atoms with Crippen LogP contribution in [0, 0.1) is 5.92 Å². The Bertz CT molecular complexity index is 1210. The maximum absolute atomic E-state index is 11.8. The minimum atomic E-state index is -0.412. The Morgan fingerprint density at radius 1 is 0.833 bits per heavy atom. The molecule has 2 aromatic carbocycles. The van der Waals surface area contributed by atoms with E-state index < -0.39 is 11.9 Å². The Kier molecular flexibility index (Phi) is 7.72.